The molecule has 0 unspecified atom stereocenters. The quantitative estimate of drug-likeness (QED) is 0.812. The molecule has 1 aromatic carbocycles. The Hall–Kier alpha value is -2.21. The van der Waals surface area contributed by atoms with E-state index in [4.69, 9.17) is 0 Å². The molecule has 1 heterocycles. The van der Waals surface area contributed by atoms with E-state index in [9.17, 15) is 14.4 Å². The van der Waals surface area contributed by atoms with Crippen molar-refractivity contribution >= 4 is 29.1 Å². The second kappa shape index (κ2) is 8.45. The molecule has 1 aliphatic carbocycles. The van der Waals surface area contributed by atoms with Gasteiger partial charge in [0.1, 0.15) is 0 Å². The van der Waals surface area contributed by atoms with Gasteiger partial charge in [-0.2, -0.15) is 0 Å². The first kappa shape index (κ1) is 18.6. The summed E-state index contributed by atoms with van der Waals surface area (Å²) in [7, 11) is 0. The third-order valence-corrected chi connectivity index (χ3v) is 5.13. The largest absolute Gasteiger partial charge is 0.326 e. The average molecular weight is 357 g/mol. The molecule has 3 rings (SSSR count). The minimum absolute atomic E-state index is 0.158. The first-order valence-electron chi connectivity index (χ1n) is 9.55. The van der Waals surface area contributed by atoms with E-state index in [1.807, 2.05) is 0 Å². The lowest BCUT2D eigenvalue weighted by molar-refractivity contribution is -0.122. The summed E-state index contributed by atoms with van der Waals surface area (Å²) >= 11 is 0. The smallest absolute Gasteiger partial charge is 0.251 e. The van der Waals surface area contributed by atoms with Crippen LogP contribution in [0, 0.1) is 0 Å². The molecule has 2 aliphatic rings. The fourth-order valence-electron chi connectivity index (χ4n) is 3.84. The summed E-state index contributed by atoms with van der Waals surface area (Å²) in [4.78, 5) is 37.6. The number of rotatable bonds is 4. The molecular formula is C20H27N3O3. The number of nitrogens with one attached hydrogen (secondary N) is 2. The third kappa shape index (κ3) is 4.49. The van der Waals surface area contributed by atoms with Crippen molar-refractivity contribution in [1.29, 1.82) is 0 Å². The second-order valence-corrected chi connectivity index (χ2v) is 7.26. The molecule has 1 aliphatic heterocycles. The van der Waals surface area contributed by atoms with E-state index in [0.717, 1.165) is 12.8 Å². The summed E-state index contributed by atoms with van der Waals surface area (Å²) in [5.41, 5.74) is 1.20. The van der Waals surface area contributed by atoms with Crippen molar-refractivity contribution in [2.24, 2.45) is 0 Å². The van der Waals surface area contributed by atoms with Crippen LogP contribution in [-0.2, 0) is 14.4 Å². The molecule has 0 spiro atoms. The highest BCUT2D eigenvalue weighted by molar-refractivity contribution is 6.22. The molecule has 0 aromatic heterocycles. The van der Waals surface area contributed by atoms with E-state index in [1.165, 1.54) is 43.9 Å². The summed E-state index contributed by atoms with van der Waals surface area (Å²) in [6, 6.07) is 6.68. The van der Waals surface area contributed by atoms with Gasteiger partial charge in [-0.05, 0) is 37.1 Å². The molecule has 1 atom stereocenters. The van der Waals surface area contributed by atoms with Crippen molar-refractivity contribution in [3.63, 3.8) is 0 Å². The number of carbonyl (C=O) groups excluding carboxylic acids is 3. The zero-order valence-electron chi connectivity index (χ0n) is 15.3. The zero-order chi connectivity index (χ0) is 18.5. The SMILES string of the molecule is CC(=O)Nc1ccc(N2C(=O)C[C@H](NC3CCCCCCC3)C2=O)cc1. The van der Waals surface area contributed by atoms with Crippen molar-refractivity contribution in [2.75, 3.05) is 10.2 Å². The Kier molecular flexibility index (Phi) is 6.04. The second-order valence-electron chi connectivity index (χ2n) is 7.26. The molecule has 6 heteroatoms. The van der Waals surface area contributed by atoms with Gasteiger partial charge in [-0.25, -0.2) is 4.90 Å². The van der Waals surface area contributed by atoms with Crippen molar-refractivity contribution in [3.8, 4) is 0 Å². The number of carbonyl (C=O) groups is 3. The molecule has 1 aromatic rings. The first-order chi connectivity index (χ1) is 12.5. The highest BCUT2D eigenvalue weighted by Crippen LogP contribution is 2.26. The fraction of sp³-hybridized carbons (Fsp3) is 0.550. The predicted molar refractivity (Wildman–Crippen MR) is 101 cm³/mol. The van der Waals surface area contributed by atoms with Gasteiger partial charge in [0.05, 0.1) is 18.2 Å². The van der Waals surface area contributed by atoms with Gasteiger partial charge in [-0.15, -0.1) is 0 Å². The van der Waals surface area contributed by atoms with Crippen LogP contribution in [0.2, 0.25) is 0 Å². The first-order valence-corrected chi connectivity index (χ1v) is 9.55. The van der Waals surface area contributed by atoms with Gasteiger partial charge < -0.3 is 10.6 Å². The lowest BCUT2D eigenvalue weighted by atomic mass is 9.96. The molecule has 140 valence electrons. The van der Waals surface area contributed by atoms with Gasteiger partial charge in [0.15, 0.2) is 0 Å². The minimum atomic E-state index is -0.429. The van der Waals surface area contributed by atoms with Gasteiger partial charge in [0, 0.05) is 18.7 Å². The Balaban J connectivity index is 1.65. The molecule has 1 saturated carbocycles. The standard InChI is InChI=1S/C20H27N3O3/c1-14(24)21-16-9-11-17(12-10-16)23-19(25)13-18(20(23)26)22-15-7-5-3-2-4-6-8-15/h9-12,15,18,22H,2-8,13H2,1H3,(H,21,24)/t18-/m0/s1. The lowest BCUT2D eigenvalue weighted by Crippen LogP contribution is -2.44. The van der Waals surface area contributed by atoms with Crippen LogP contribution >= 0.6 is 0 Å². The van der Waals surface area contributed by atoms with E-state index in [-0.39, 0.29) is 24.1 Å². The van der Waals surface area contributed by atoms with E-state index in [2.05, 4.69) is 10.6 Å². The maximum atomic E-state index is 12.8. The Bertz CT molecular complexity index is 663. The van der Waals surface area contributed by atoms with Crippen molar-refractivity contribution in [3.05, 3.63) is 24.3 Å². The Morgan fingerprint density at radius 2 is 1.62 bits per heavy atom. The van der Waals surface area contributed by atoms with Crippen LogP contribution in [0.15, 0.2) is 24.3 Å². The maximum Gasteiger partial charge on any atom is 0.251 e. The molecule has 1 saturated heterocycles. The number of hydrogen-bond donors (Lipinski definition) is 2. The summed E-state index contributed by atoms with van der Waals surface area (Å²) in [5, 5.41) is 6.11. The van der Waals surface area contributed by atoms with Crippen LogP contribution in [0.3, 0.4) is 0 Å². The molecule has 0 radical (unpaired) electrons. The van der Waals surface area contributed by atoms with Crippen molar-refractivity contribution in [2.45, 2.75) is 70.4 Å². The minimum Gasteiger partial charge on any atom is -0.326 e. The van der Waals surface area contributed by atoms with Crippen LogP contribution in [-0.4, -0.2) is 29.8 Å². The summed E-state index contributed by atoms with van der Waals surface area (Å²) < 4.78 is 0. The monoisotopic (exact) mass is 357 g/mol. The highest BCUT2D eigenvalue weighted by atomic mass is 16.2. The zero-order valence-corrected chi connectivity index (χ0v) is 15.3. The Morgan fingerprint density at radius 3 is 2.23 bits per heavy atom. The summed E-state index contributed by atoms with van der Waals surface area (Å²) in [6.45, 7) is 1.44. The van der Waals surface area contributed by atoms with Crippen LogP contribution in [0.1, 0.15) is 58.3 Å². The van der Waals surface area contributed by atoms with Gasteiger partial charge in [-0.3, -0.25) is 14.4 Å². The topological polar surface area (TPSA) is 78.5 Å². The highest BCUT2D eigenvalue weighted by Gasteiger charge is 2.40. The molecule has 26 heavy (non-hydrogen) atoms. The Morgan fingerprint density at radius 1 is 1.00 bits per heavy atom. The number of hydrogen-bond acceptors (Lipinski definition) is 4. The molecule has 3 amide bonds. The van der Waals surface area contributed by atoms with Crippen molar-refractivity contribution in [1.82, 2.24) is 5.32 Å². The van der Waals surface area contributed by atoms with Gasteiger partial charge in [0.2, 0.25) is 11.8 Å². The van der Waals surface area contributed by atoms with Gasteiger partial charge in [-0.1, -0.05) is 32.1 Å². The van der Waals surface area contributed by atoms with E-state index < -0.39 is 6.04 Å². The lowest BCUT2D eigenvalue weighted by Gasteiger charge is -2.24. The summed E-state index contributed by atoms with van der Waals surface area (Å²) in [5.74, 6) is -0.510. The molecular weight excluding hydrogens is 330 g/mol. The van der Waals surface area contributed by atoms with E-state index >= 15 is 0 Å². The van der Waals surface area contributed by atoms with Crippen LogP contribution < -0.4 is 15.5 Å². The summed E-state index contributed by atoms with van der Waals surface area (Å²) in [6.07, 6.45) is 8.53. The number of anilines is 2. The van der Waals surface area contributed by atoms with Gasteiger partial charge >= 0.3 is 0 Å². The maximum absolute atomic E-state index is 12.8. The van der Waals surface area contributed by atoms with Crippen LogP contribution in [0.4, 0.5) is 11.4 Å². The molecule has 6 nitrogen and oxygen atoms in total. The van der Waals surface area contributed by atoms with Gasteiger partial charge in [0.25, 0.3) is 5.91 Å². The molecule has 2 fully saturated rings. The number of nitrogens with zero attached hydrogens (tertiary/aromatic N) is 1. The molecule has 0 bridgehead atoms. The molecule has 2 N–H and O–H groups in total. The number of imide groups is 1. The fourth-order valence-corrected chi connectivity index (χ4v) is 3.84. The average Bonchev–Trinajstić information content (AvgIpc) is 2.84. The third-order valence-electron chi connectivity index (χ3n) is 5.13. The van der Waals surface area contributed by atoms with Crippen LogP contribution in [0.5, 0.6) is 0 Å². The predicted octanol–water partition coefficient (Wildman–Crippen LogP) is 2.98. The van der Waals surface area contributed by atoms with Crippen LogP contribution in [0.25, 0.3) is 0 Å². The van der Waals surface area contributed by atoms with Crippen molar-refractivity contribution < 1.29 is 14.4 Å². The van der Waals surface area contributed by atoms with E-state index in [1.54, 1.807) is 24.3 Å². The number of benzene rings is 1. The Labute approximate surface area is 154 Å². The normalized spacial score (nSPS) is 22.2. The number of amides is 3. The van der Waals surface area contributed by atoms with E-state index in [0.29, 0.717) is 17.4 Å².